The molecule has 0 aliphatic carbocycles. The lowest BCUT2D eigenvalue weighted by Gasteiger charge is -2.09. The van der Waals surface area contributed by atoms with Crippen LogP contribution in [0, 0.1) is 13.8 Å². The van der Waals surface area contributed by atoms with Crippen molar-refractivity contribution in [3.05, 3.63) is 69.8 Å². The van der Waals surface area contributed by atoms with Gasteiger partial charge in [0.2, 0.25) is 0 Å². The molecule has 0 bridgehead atoms. The molecule has 0 atom stereocenters. The van der Waals surface area contributed by atoms with Crippen molar-refractivity contribution in [1.29, 1.82) is 0 Å². The fourth-order valence-corrected chi connectivity index (χ4v) is 2.25. The van der Waals surface area contributed by atoms with E-state index in [9.17, 15) is 9.59 Å². The smallest absolute Gasteiger partial charge is 0.291 e. The molecule has 5 heteroatoms. The summed E-state index contributed by atoms with van der Waals surface area (Å²) in [5.41, 5.74) is 2.87. The second-order valence-electron chi connectivity index (χ2n) is 5.20. The summed E-state index contributed by atoms with van der Waals surface area (Å²) < 4.78 is 0. The molecule has 0 aliphatic rings. The van der Waals surface area contributed by atoms with Gasteiger partial charge >= 0.3 is 0 Å². The molecule has 0 spiro atoms. The van der Waals surface area contributed by atoms with Crippen molar-refractivity contribution < 1.29 is 4.79 Å². The van der Waals surface area contributed by atoms with E-state index in [1.165, 1.54) is 0 Å². The minimum absolute atomic E-state index is 0.00426. The Morgan fingerprint density at radius 2 is 1.91 bits per heavy atom. The van der Waals surface area contributed by atoms with Crippen molar-refractivity contribution in [2.45, 2.75) is 13.8 Å². The summed E-state index contributed by atoms with van der Waals surface area (Å²) in [6.45, 7) is 3.86. The number of H-pyrrole nitrogens is 1. The largest absolute Gasteiger partial charge is 0.319 e. The quantitative estimate of drug-likeness (QED) is 0.763. The van der Waals surface area contributed by atoms with Crippen molar-refractivity contribution in [3.8, 4) is 0 Å². The molecule has 1 aromatic heterocycles. The number of aromatic amines is 1. The molecular formula is C17H15N3O2. The van der Waals surface area contributed by atoms with Crippen LogP contribution in [0.2, 0.25) is 0 Å². The number of hydrogen-bond acceptors (Lipinski definition) is 3. The van der Waals surface area contributed by atoms with Gasteiger partial charge in [0.1, 0.15) is 0 Å². The molecule has 5 nitrogen and oxygen atoms in total. The molecular weight excluding hydrogens is 278 g/mol. The maximum Gasteiger partial charge on any atom is 0.291 e. The van der Waals surface area contributed by atoms with Crippen LogP contribution in [0.25, 0.3) is 10.9 Å². The minimum Gasteiger partial charge on any atom is -0.319 e. The summed E-state index contributed by atoms with van der Waals surface area (Å²) in [7, 11) is 0. The summed E-state index contributed by atoms with van der Waals surface area (Å²) in [5.74, 6) is -0.429. The van der Waals surface area contributed by atoms with Crippen LogP contribution in [0.3, 0.4) is 0 Å². The zero-order valence-electron chi connectivity index (χ0n) is 12.3. The zero-order chi connectivity index (χ0) is 15.7. The van der Waals surface area contributed by atoms with Crippen LogP contribution in [0.15, 0.2) is 47.3 Å². The average molecular weight is 293 g/mol. The number of aryl methyl sites for hydroxylation is 2. The van der Waals surface area contributed by atoms with Gasteiger partial charge in [-0.2, -0.15) is 0 Å². The van der Waals surface area contributed by atoms with Crippen LogP contribution in [-0.2, 0) is 0 Å². The van der Waals surface area contributed by atoms with Gasteiger partial charge < -0.3 is 10.3 Å². The van der Waals surface area contributed by atoms with Gasteiger partial charge in [-0.1, -0.05) is 24.3 Å². The highest BCUT2D eigenvalue weighted by atomic mass is 16.2. The Bertz CT molecular complexity index is 929. The lowest BCUT2D eigenvalue weighted by atomic mass is 10.1. The van der Waals surface area contributed by atoms with Gasteiger partial charge in [-0.3, -0.25) is 9.59 Å². The van der Waals surface area contributed by atoms with Gasteiger partial charge in [0, 0.05) is 5.69 Å². The molecule has 110 valence electrons. The highest BCUT2D eigenvalue weighted by Crippen LogP contribution is 2.17. The summed E-state index contributed by atoms with van der Waals surface area (Å²) in [5, 5.41) is 3.25. The summed E-state index contributed by atoms with van der Waals surface area (Å²) in [6.07, 6.45) is 0. The Balaban J connectivity index is 1.99. The van der Waals surface area contributed by atoms with Crippen LogP contribution in [0.5, 0.6) is 0 Å². The number of amides is 1. The zero-order valence-corrected chi connectivity index (χ0v) is 12.3. The van der Waals surface area contributed by atoms with E-state index in [1.54, 1.807) is 24.3 Å². The SMILES string of the molecule is Cc1ccc(C)c(NC(=O)c2nc3ccccc3c(=O)[nH]2)c1. The molecule has 22 heavy (non-hydrogen) atoms. The fourth-order valence-electron chi connectivity index (χ4n) is 2.25. The molecule has 1 heterocycles. The number of rotatable bonds is 2. The van der Waals surface area contributed by atoms with E-state index in [0.29, 0.717) is 16.6 Å². The second-order valence-corrected chi connectivity index (χ2v) is 5.20. The number of nitrogens with zero attached hydrogens (tertiary/aromatic N) is 1. The van der Waals surface area contributed by atoms with Gasteiger partial charge in [-0.25, -0.2) is 4.98 Å². The van der Waals surface area contributed by atoms with Crippen LogP contribution in [-0.4, -0.2) is 15.9 Å². The first-order valence-corrected chi connectivity index (χ1v) is 6.92. The number of carbonyl (C=O) groups is 1. The van der Waals surface area contributed by atoms with E-state index >= 15 is 0 Å². The Labute approximate surface area is 127 Å². The van der Waals surface area contributed by atoms with Crippen molar-refractivity contribution in [1.82, 2.24) is 9.97 Å². The van der Waals surface area contributed by atoms with Crippen molar-refractivity contribution in [2.24, 2.45) is 0 Å². The standard InChI is InChI=1S/C17H15N3O2/c1-10-7-8-11(2)14(9-10)19-17(22)15-18-13-6-4-3-5-12(13)16(21)20-15/h3-9H,1-2H3,(H,19,22)(H,18,20,21). The third-order valence-electron chi connectivity index (χ3n) is 3.47. The average Bonchev–Trinajstić information content (AvgIpc) is 2.51. The predicted octanol–water partition coefficient (Wildman–Crippen LogP) is 2.79. The lowest BCUT2D eigenvalue weighted by Crippen LogP contribution is -2.21. The third kappa shape index (κ3) is 2.61. The van der Waals surface area contributed by atoms with Gasteiger partial charge in [-0.15, -0.1) is 0 Å². The van der Waals surface area contributed by atoms with Gasteiger partial charge in [0.05, 0.1) is 10.9 Å². The van der Waals surface area contributed by atoms with Crippen molar-refractivity contribution >= 4 is 22.5 Å². The molecule has 0 fully saturated rings. The number of para-hydroxylation sites is 1. The van der Waals surface area contributed by atoms with E-state index in [2.05, 4.69) is 15.3 Å². The first-order valence-electron chi connectivity index (χ1n) is 6.92. The Morgan fingerprint density at radius 3 is 2.73 bits per heavy atom. The van der Waals surface area contributed by atoms with Crippen molar-refractivity contribution in [2.75, 3.05) is 5.32 Å². The summed E-state index contributed by atoms with van der Waals surface area (Å²) in [4.78, 5) is 31.1. The van der Waals surface area contributed by atoms with Gasteiger partial charge in [0.25, 0.3) is 11.5 Å². The maximum atomic E-state index is 12.3. The molecule has 0 aliphatic heterocycles. The number of anilines is 1. The molecule has 0 saturated heterocycles. The summed E-state index contributed by atoms with van der Waals surface area (Å²) >= 11 is 0. The van der Waals surface area contributed by atoms with Crippen LogP contribution in [0.4, 0.5) is 5.69 Å². The highest BCUT2D eigenvalue weighted by Gasteiger charge is 2.12. The van der Waals surface area contributed by atoms with E-state index in [0.717, 1.165) is 11.1 Å². The number of fused-ring (bicyclic) bond motifs is 1. The Morgan fingerprint density at radius 1 is 1.14 bits per heavy atom. The fraction of sp³-hybridized carbons (Fsp3) is 0.118. The first kappa shape index (κ1) is 14.0. The molecule has 2 N–H and O–H groups in total. The maximum absolute atomic E-state index is 12.3. The number of benzene rings is 2. The number of carbonyl (C=O) groups excluding carboxylic acids is 1. The first-order chi connectivity index (χ1) is 10.5. The molecule has 0 unspecified atom stereocenters. The van der Waals surface area contributed by atoms with E-state index in [4.69, 9.17) is 0 Å². The number of hydrogen-bond donors (Lipinski definition) is 2. The second kappa shape index (κ2) is 5.44. The number of aromatic nitrogens is 2. The highest BCUT2D eigenvalue weighted by molar-refractivity contribution is 6.02. The molecule has 3 aromatic rings. The molecule has 1 amide bonds. The number of nitrogens with one attached hydrogen (secondary N) is 2. The predicted molar refractivity (Wildman–Crippen MR) is 86.2 cm³/mol. The Hall–Kier alpha value is -2.95. The summed E-state index contributed by atoms with van der Waals surface area (Å²) in [6, 6.07) is 12.7. The van der Waals surface area contributed by atoms with E-state index in [-0.39, 0.29) is 11.4 Å². The minimum atomic E-state index is -0.434. The normalized spacial score (nSPS) is 10.6. The molecule has 3 rings (SSSR count). The lowest BCUT2D eigenvalue weighted by molar-refractivity contribution is 0.101. The van der Waals surface area contributed by atoms with Crippen molar-refractivity contribution in [3.63, 3.8) is 0 Å². The third-order valence-corrected chi connectivity index (χ3v) is 3.47. The molecule has 2 aromatic carbocycles. The molecule has 0 radical (unpaired) electrons. The van der Waals surface area contributed by atoms with Crippen LogP contribution < -0.4 is 10.9 Å². The van der Waals surface area contributed by atoms with E-state index < -0.39 is 5.91 Å². The van der Waals surface area contributed by atoms with Crippen LogP contribution in [0.1, 0.15) is 21.7 Å². The molecule has 0 saturated carbocycles. The monoisotopic (exact) mass is 293 g/mol. The van der Waals surface area contributed by atoms with Gasteiger partial charge in [-0.05, 0) is 43.2 Å². The van der Waals surface area contributed by atoms with Gasteiger partial charge in [0.15, 0.2) is 5.82 Å². The topological polar surface area (TPSA) is 74.8 Å². The van der Waals surface area contributed by atoms with E-state index in [1.807, 2.05) is 32.0 Å². The van der Waals surface area contributed by atoms with Crippen LogP contribution >= 0.6 is 0 Å². The Kier molecular flexibility index (Phi) is 3.47.